The number of rotatable bonds is 6. The van der Waals surface area contributed by atoms with Gasteiger partial charge in [0.2, 0.25) is 0 Å². The van der Waals surface area contributed by atoms with Crippen LogP contribution < -0.4 is 5.32 Å². The van der Waals surface area contributed by atoms with E-state index in [0.29, 0.717) is 23.4 Å². The number of carboxylic acids is 1. The number of amides is 1. The van der Waals surface area contributed by atoms with Crippen molar-refractivity contribution in [3.63, 3.8) is 0 Å². The van der Waals surface area contributed by atoms with Crippen molar-refractivity contribution in [2.24, 2.45) is 5.41 Å². The highest BCUT2D eigenvalue weighted by Gasteiger charge is 2.35. The highest BCUT2D eigenvalue weighted by molar-refractivity contribution is 9.10. The lowest BCUT2D eigenvalue weighted by atomic mass is 9.82. The predicted octanol–water partition coefficient (Wildman–Crippen LogP) is 3.72. The third-order valence-electron chi connectivity index (χ3n) is 3.57. The molecule has 1 rings (SSSR count). The third kappa shape index (κ3) is 3.73. The molecule has 0 atom stereocenters. The van der Waals surface area contributed by atoms with Gasteiger partial charge in [-0.25, -0.2) is 0 Å². The SMILES string of the molecule is CCC(CC)(CNC(=O)c1ccc(Br)cc1Cl)C(=O)O. The van der Waals surface area contributed by atoms with Crippen LogP contribution in [0.25, 0.3) is 0 Å². The fraction of sp³-hybridized carbons (Fsp3) is 0.429. The molecule has 2 N–H and O–H groups in total. The van der Waals surface area contributed by atoms with E-state index in [1.165, 1.54) is 0 Å². The molecule has 0 aromatic heterocycles. The number of carboxylic acid groups (broad SMARTS) is 1. The minimum Gasteiger partial charge on any atom is -0.481 e. The second-order valence-corrected chi connectivity index (χ2v) is 5.92. The van der Waals surface area contributed by atoms with Crippen molar-refractivity contribution >= 4 is 39.4 Å². The van der Waals surface area contributed by atoms with E-state index in [1.807, 2.05) is 0 Å². The van der Waals surface area contributed by atoms with E-state index in [4.69, 9.17) is 11.6 Å². The van der Waals surface area contributed by atoms with E-state index >= 15 is 0 Å². The largest absolute Gasteiger partial charge is 0.481 e. The zero-order chi connectivity index (χ0) is 15.3. The first-order valence-corrected chi connectivity index (χ1v) is 7.50. The van der Waals surface area contributed by atoms with Crippen LogP contribution >= 0.6 is 27.5 Å². The van der Waals surface area contributed by atoms with Crippen LogP contribution in [-0.2, 0) is 4.79 Å². The third-order valence-corrected chi connectivity index (χ3v) is 4.38. The van der Waals surface area contributed by atoms with Gasteiger partial charge >= 0.3 is 5.97 Å². The van der Waals surface area contributed by atoms with E-state index in [0.717, 1.165) is 4.47 Å². The topological polar surface area (TPSA) is 66.4 Å². The molecule has 0 spiro atoms. The van der Waals surface area contributed by atoms with Gasteiger partial charge in [-0.2, -0.15) is 0 Å². The second kappa shape index (κ2) is 7.09. The molecule has 4 nitrogen and oxygen atoms in total. The normalized spacial score (nSPS) is 11.2. The lowest BCUT2D eigenvalue weighted by Crippen LogP contribution is -2.42. The Bertz CT molecular complexity index is 515. The van der Waals surface area contributed by atoms with Crippen LogP contribution in [0, 0.1) is 5.41 Å². The number of nitrogens with one attached hydrogen (secondary N) is 1. The smallest absolute Gasteiger partial charge is 0.311 e. The molecule has 0 fully saturated rings. The van der Waals surface area contributed by atoms with Gasteiger partial charge < -0.3 is 10.4 Å². The number of hydrogen-bond acceptors (Lipinski definition) is 2. The maximum Gasteiger partial charge on any atom is 0.311 e. The molecule has 0 aliphatic carbocycles. The monoisotopic (exact) mass is 361 g/mol. The van der Waals surface area contributed by atoms with Crippen molar-refractivity contribution in [3.05, 3.63) is 33.3 Å². The molecule has 0 unspecified atom stereocenters. The Morgan fingerprint density at radius 1 is 1.35 bits per heavy atom. The van der Waals surface area contributed by atoms with Crippen molar-refractivity contribution < 1.29 is 14.7 Å². The van der Waals surface area contributed by atoms with Crippen LogP contribution in [0.4, 0.5) is 0 Å². The summed E-state index contributed by atoms with van der Waals surface area (Å²) in [5.74, 6) is -1.26. The Balaban J connectivity index is 2.83. The number of carbonyl (C=O) groups excluding carboxylic acids is 1. The van der Waals surface area contributed by atoms with Gasteiger partial charge in [0.1, 0.15) is 0 Å². The van der Waals surface area contributed by atoms with Crippen LogP contribution in [0.15, 0.2) is 22.7 Å². The maximum atomic E-state index is 12.1. The summed E-state index contributed by atoms with van der Waals surface area (Å²) in [6.45, 7) is 3.69. The molecule has 1 aromatic carbocycles. The zero-order valence-corrected chi connectivity index (χ0v) is 13.7. The summed E-state index contributed by atoms with van der Waals surface area (Å²) in [7, 11) is 0. The van der Waals surface area contributed by atoms with E-state index in [-0.39, 0.29) is 12.5 Å². The summed E-state index contributed by atoms with van der Waals surface area (Å²) >= 11 is 9.26. The first kappa shape index (κ1) is 17.0. The van der Waals surface area contributed by atoms with Gasteiger partial charge in [-0.3, -0.25) is 9.59 Å². The summed E-state index contributed by atoms with van der Waals surface area (Å²) in [5, 5.41) is 12.3. The molecular formula is C14H17BrClNO3. The number of hydrogen-bond donors (Lipinski definition) is 2. The minimum absolute atomic E-state index is 0.0839. The Hall–Kier alpha value is -1.07. The van der Waals surface area contributed by atoms with Crippen LogP contribution in [0.1, 0.15) is 37.0 Å². The average Bonchev–Trinajstić information content (AvgIpc) is 2.39. The van der Waals surface area contributed by atoms with Crippen LogP contribution in [0.3, 0.4) is 0 Å². The van der Waals surface area contributed by atoms with Crippen molar-refractivity contribution in [1.29, 1.82) is 0 Å². The average molecular weight is 363 g/mol. The molecule has 0 radical (unpaired) electrons. The number of halogens is 2. The standard InChI is InChI=1S/C14H17BrClNO3/c1-3-14(4-2,13(19)20)8-17-12(18)10-6-5-9(15)7-11(10)16/h5-7H,3-4,8H2,1-2H3,(H,17,18)(H,19,20). The van der Waals surface area contributed by atoms with Gasteiger partial charge in [0.05, 0.1) is 16.0 Å². The molecule has 0 heterocycles. The van der Waals surface area contributed by atoms with Crippen LogP contribution in [0.2, 0.25) is 5.02 Å². The van der Waals surface area contributed by atoms with Crippen molar-refractivity contribution in [1.82, 2.24) is 5.32 Å². The summed E-state index contributed by atoms with van der Waals surface area (Å²) in [6, 6.07) is 4.94. The molecule has 0 bridgehead atoms. The minimum atomic E-state index is -0.933. The van der Waals surface area contributed by atoms with Crippen molar-refractivity contribution in [2.45, 2.75) is 26.7 Å². The molecule has 0 saturated carbocycles. The van der Waals surface area contributed by atoms with Gasteiger partial charge in [-0.15, -0.1) is 0 Å². The van der Waals surface area contributed by atoms with Gasteiger partial charge in [0, 0.05) is 11.0 Å². The molecule has 110 valence electrons. The first-order valence-electron chi connectivity index (χ1n) is 6.33. The molecule has 0 aliphatic rings. The Labute approximate surface area is 131 Å². The van der Waals surface area contributed by atoms with E-state index < -0.39 is 11.4 Å². The molecule has 0 saturated heterocycles. The Morgan fingerprint density at radius 3 is 2.40 bits per heavy atom. The Kier molecular flexibility index (Phi) is 6.02. The molecule has 0 aliphatic heterocycles. The maximum absolute atomic E-state index is 12.1. The zero-order valence-electron chi connectivity index (χ0n) is 11.4. The summed E-state index contributed by atoms with van der Waals surface area (Å²) < 4.78 is 0.779. The van der Waals surface area contributed by atoms with Crippen LogP contribution in [-0.4, -0.2) is 23.5 Å². The van der Waals surface area contributed by atoms with Crippen molar-refractivity contribution in [3.8, 4) is 0 Å². The van der Waals surface area contributed by atoms with Crippen molar-refractivity contribution in [2.75, 3.05) is 6.54 Å². The van der Waals surface area contributed by atoms with Gasteiger partial charge in [-0.05, 0) is 31.0 Å². The molecule has 1 aromatic rings. The number of carbonyl (C=O) groups is 2. The molecular weight excluding hydrogens is 346 g/mol. The lowest BCUT2D eigenvalue weighted by Gasteiger charge is -2.26. The highest BCUT2D eigenvalue weighted by atomic mass is 79.9. The predicted molar refractivity (Wildman–Crippen MR) is 82.1 cm³/mol. The second-order valence-electron chi connectivity index (χ2n) is 4.60. The van der Waals surface area contributed by atoms with Crippen LogP contribution in [0.5, 0.6) is 0 Å². The summed E-state index contributed by atoms with van der Waals surface area (Å²) in [6.07, 6.45) is 0.903. The summed E-state index contributed by atoms with van der Waals surface area (Å²) in [5.41, 5.74) is -0.598. The fourth-order valence-electron chi connectivity index (χ4n) is 1.90. The van der Waals surface area contributed by atoms with Gasteiger partial charge in [0.25, 0.3) is 5.91 Å². The van der Waals surface area contributed by atoms with Gasteiger partial charge in [-0.1, -0.05) is 41.4 Å². The first-order chi connectivity index (χ1) is 9.36. The van der Waals surface area contributed by atoms with E-state index in [9.17, 15) is 14.7 Å². The fourth-order valence-corrected chi connectivity index (χ4v) is 2.66. The molecule has 6 heteroatoms. The lowest BCUT2D eigenvalue weighted by molar-refractivity contribution is -0.149. The number of aliphatic carboxylic acids is 1. The van der Waals surface area contributed by atoms with Gasteiger partial charge in [0.15, 0.2) is 0 Å². The molecule has 1 amide bonds. The Morgan fingerprint density at radius 2 is 1.95 bits per heavy atom. The van der Waals surface area contributed by atoms with E-state index in [1.54, 1.807) is 32.0 Å². The number of benzene rings is 1. The quantitative estimate of drug-likeness (QED) is 0.810. The van der Waals surface area contributed by atoms with E-state index in [2.05, 4.69) is 21.2 Å². The molecule has 20 heavy (non-hydrogen) atoms. The highest BCUT2D eigenvalue weighted by Crippen LogP contribution is 2.26. The summed E-state index contributed by atoms with van der Waals surface area (Å²) in [4.78, 5) is 23.4.